The lowest BCUT2D eigenvalue weighted by atomic mass is 9.83. The molecule has 2 aromatic carbocycles. The number of rotatable bonds is 7. The summed E-state index contributed by atoms with van der Waals surface area (Å²) in [6.07, 6.45) is 6.24. The minimum absolute atomic E-state index is 0.0674. The van der Waals surface area contributed by atoms with Crippen LogP contribution in [-0.2, 0) is 4.79 Å². The van der Waals surface area contributed by atoms with E-state index in [0.29, 0.717) is 34.0 Å². The summed E-state index contributed by atoms with van der Waals surface area (Å²) in [6.45, 7) is 4.90. The zero-order valence-electron chi connectivity index (χ0n) is 19.1. The van der Waals surface area contributed by atoms with E-state index < -0.39 is 0 Å². The van der Waals surface area contributed by atoms with Crippen LogP contribution in [0.2, 0.25) is 5.02 Å². The Labute approximate surface area is 200 Å². The molecule has 33 heavy (non-hydrogen) atoms. The molecule has 6 nitrogen and oxygen atoms in total. The lowest BCUT2D eigenvalue weighted by Gasteiger charge is -2.44. The molecule has 0 radical (unpaired) electrons. The van der Waals surface area contributed by atoms with Gasteiger partial charge in [-0.05, 0) is 99.6 Å². The molecule has 2 N–H and O–H groups in total. The van der Waals surface area contributed by atoms with E-state index in [2.05, 4.69) is 15.5 Å². The van der Waals surface area contributed by atoms with Crippen molar-refractivity contribution in [1.82, 2.24) is 10.2 Å². The Morgan fingerprint density at radius 3 is 2.64 bits per heavy atom. The molecule has 2 heterocycles. The Balaban J connectivity index is 1.23. The summed E-state index contributed by atoms with van der Waals surface area (Å²) in [6, 6.07) is 12.8. The first-order valence-corrected chi connectivity index (χ1v) is 12.2. The van der Waals surface area contributed by atoms with E-state index in [1.54, 1.807) is 42.5 Å². The predicted octanol–water partition coefficient (Wildman–Crippen LogP) is 4.66. The van der Waals surface area contributed by atoms with Crippen molar-refractivity contribution in [3.63, 3.8) is 0 Å². The summed E-state index contributed by atoms with van der Waals surface area (Å²) in [7, 11) is 0. The molecule has 2 amide bonds. The molecule has 2 aliphatic rings. The molecular formula is C26H32ClN3O3. The molecule has 0 aromatic heterocycles. The molecule has 4 rings (SSSR count). The lowest BCUT2D eigenvalue weighted by Crippen LogP contribution is -2.51. The SMILES string of the molecule is Cc1cc(OCC(=O)Nc2ccc(C(=O)NCC3CCCN4CCCCC34)cc2)ccc1Cl. The Kier molecular flexibility index (Phi) is 7.89. The first kappa shape index (κ1) is 23.6. The summed E-state index contributed by atoms with van der Waals surface area (Å²) in [5, 5.41) is 6.58. The second-order valence-electron chi connectivity index (χ2n) is 9.04. The first-order valence-electron chi connectivity index (χ1n) is 11.8. The van der Waals surface area contributed by atoms with E-state index in [1.165, 1.54) is 45.2 Å². The standard InChI is InChI=1S/C26H32ClN3O3/c1-18-15-22(11-12-23(18)27)33-17-25(31)29-21-9-7-19(8-10-21)26(32)28-16-20-5-4-14-30-13-3-2-6-24(20)30/h7-12,15,20,24H,2-6,13-14,16-17H2,1H3,(H,28,32)(H,29,31). The van der Waals surface area contributed by atoms with Crippen LogP contribution in [0, 0.1) is 12.8 Å². The van der Waals surface area contributed by atoms with Gasteiger partial charge >= 0.3 is 0 Å². The number of amides is 2. The van der Waals surface area contributed by atoms with Crippen LogP contribution in [0.1, 0.15) is 48.0 Å². The highest BCUT2D eigenvalue weighted by Gasteiger charge is 2.32. The van der Waals surface area contributed by atoms with Crippen molar-refractivity contribution in [2.45, 2.75) is 45.1 Å². The number of halogens is 1. The minimum atomic E-state index is -0.269. The van der Waals surface area contributed by atoms with Crippen molar-refractivity contribution in [2.24, 2.45) is 5.92 Å². The van der Waals surface area contributed by atoms with Gasteiger partial charge in [-0.1, -0.05) is 18.0 Å². The average molecular weight is 470 g/mol. The molecule has 0 spiro atoms. The van der Waals surface area contributed by atoms with Crippen LogP contribution >= 0.6 is 11.6 Å². The highest BCUT2D eigenvalue weighted by atomic mass is 35.5. The molecule has 2 aromatic rings. The number of carbonyl (C=O) groups is 2. The molecule has 2 unspecified atom stereocenters. The van der Waals surface area contributed by atoms with Crippen LogP contribution in [-0.4, -0.2) is 49.0 Å². The molecule has 7 heteroatoms. The van der Waals surface area contributed by atoms with Crippen LogP contribution < -0.4 is 15.4 Å². The topological polar surface area (TPSA) is 70.7 Å². The zero-order chi connectivity index (χ0) is 23.2. The van der Waals surface area contributed by atoms with Crippen LogP contribution in [0.4, 0.5) is 5.69 Å². The number of anilines is 1. The number of nitrogens with zero attached hydrogens (tertiary/aromatic N) is 1. The van der Waals surface area contributed by atoms with Gasteiger partial charge in [-0.3, -0.25) is 9.59 Å². The Bertz CT molecular complexity index is 977. The van der Waals surface area contributed by atoms with E-state index in [4.69, 9.17) is 16.3 Å². The maximum absolute atomic E-state index is 12.7. The Morgan fingerprint density at radius 2 is 1.85 bits per heavy atom. The summed E-state index contributed by atoms with van der Waals surface area (Å²) < 4.78 is 5.53. The van der Waals surface area contributed by atoms with Gasteiger partial charge < -0.3 is 20.3 Å². The fourth-order valence-electron chi connectivity index (χ4n) is 4.90. The van der Waals surface area contributed by atoms with E-state index in [9.17, 15) is 9.59 Å². The van der Waals surface area contributed by atoms with Crippen molar-refractivity contribution in [2.75, 3.05) is 31.6 Å². The average Bonchev–Trinajstić information content (AvgIpc) is 2.83. The molecule has 0 saturated carbocycles. The van der Waals surface area contributed by atoms with Crippen molar-refractivity contribution in [3.05, 3.63) is 58.6 Å². The quantitative estimate of drug-likeness (QED) is 0.618. The summed E-state index contributed by atoms with van der Waals surface area (Å²) in [5.41, 5.74) is 2.11. The third kappa shape index (κ3) is 6.27. The molecule has 2 aliphatic heterocycles. The van der Waals surface area contributed by atoms with Crippen molar-refractivity contribution in [1.29, 1.82) is 0 Å². The van der Waals surface area contributed by atoms with Crippen LogP contribution in [0.25, 0.3) is 0 Å². The van der Waals surface area contributed by atoms with E-state index in [1.807, 2.05) is 6.92 Å². The maximum Gasteiger partial charge on any atom is 0.262 e. The van der Waals surface area contributed by atoms with Gasteiger partial charge in [0.25, 0.3) is 11.8 Å². The molecule has 2 fully saturated rings. The van der Waals surface area contributed by atoms with Gasteiger partial charge in [0.15, 0.2) is 6.61 Å². The van der Waals surface area contributed by atoms with Crippen LogP contribution in [0.5, 0.6) is 5.75 Å². The summed E-state index contributed by atoms with van der Waals surface area (Å²) in [5.74, 6) is 0.788. The van der Waals surface area contributed by atoms with Crippen LogP contribution in [0.3, 0.4) is 0 Å². The number of piperidine rings is 2. The number of carbonyl (C=O) groups excluding carboxylic acids is 2. The number of hydrogen-bond acceptors (Lipinski definition) is 4. The van der Waals surface area contributed by atoms with E-state index in [-0.39, 0.29) is 18.4 Å². The molecule has 176 valence electrons. The van der Waals surface area contributed by atoms with Crippen LogP contribution in [0.15, 0.2) is 42.5 Å². The third-order valence-electron chi connectivity index (χ3n) is 6.68. The predicted molar refractivity (Wildman–Crippen MR) is 131 cm³/mol. The van der Waals surface area contributed by atoms with Gasteiger partial charge in [-0.15, -0.1) is 0 Å². The van der Waals surface area contributed by atoms with E-state index in [0.717, 1.165) is 12.1 Å². The second-order valence-corrected chi connectivity index (χ2v) is 9.44. The number of aryl methyl sites for hydroxylation is 1. The van der Waals surface area contributed by atoms with E-state index >= 15 is 0 Å². The first-order chi connectivity index (χ1) is 16.0. The third-order valence-corrected chi connectivity index (χ3v) is 7.11. The van der Waals surface area contributed by atoms with Crippen molar-refractivity contribution in [3.8, 4) is 5.75 Å². The monoisotopic (exact) mass is 469 g/mol. The van der Waals surface area contributed by atoms with Crippen molar-refractivity contribution >= 4 is 29.1 Å². The minimum Gasteiger partial charge on any atom is -0.484 e. The van der Waals surface area contributed by atoms with Gasteiger partial charge in [0.1, 0.15) is 5.75 Å². The smallest absolute Gasteiger partial charge is 0.262 e. The number of fused-ring (bicyclic) bond motifs is 1. The fourth-order valence-corrected chi connectivity index (χ4v) is 5.02. The number of benzene rings is 2. The summed E-state index contributed by atoms with van der Waals surface area (Å²) >= 11 is 6.01. The molecule has 2 saturated heterocycles. The van der Waals surface area contributed by atoms with Crippen molar-refractivity contribution < 1.29 is 14.3 Å². The lowest BCUT2D eigenvalue weighted by molar-refractivity contribution is -0.118. The molecule has 0 aliphatic carbocycles. The highest BCUT2D eigenvalue weighted by Crippen LogP contribution is 2.30. The van der Waals surface area contributed by atoms with Gasteiger partial charge in [0.2, 0.25) is 0 Å². The molecule has 2 atom stereocenters. The highest BCUT2D eigenvalue weighted by molar-refractivity contribution is 6.31. The molecular weight excluding hydrogens is 438 g/mol. The summed E-state index contributed by atoms with van der Waals surface area (Å²) in [4.78, 5) is 27.5. The largest absolute Gasteiger partial charge is 0.484 e. The second kappa shape index (κ2) is 11.0. The Hall–Kier alpha value is -2.57. The number of ether oxygens (including phenoxy) is 1. The van der Waals surface area contributed by atoms with Gasteiger partial charge in [-0.25, -0.2) is 0 Å². The number of nitrogens with one attached hydrogen (secondary N) is 2. The maximum atomic E-state index is 12.7. The van der Waals surface area contributed by atoms with Gasteiger partial charge in [0, 0.05) is 28.9 Å². The normalized spacial score (nSPS) is 20.5. The Morgan fingerprint density at radius 1 is 1.06 bits per heavy atom. The van der Waals surface area contributed by atoms with Gasteiger partial charge in [0.05, 0.1) is 0 Å². The zero-order valence-corrected chi connectivity index (χ0v) is 19.9. The van der Waals surface area contributed by atoms with Gasteiger partial charge in [-0.2, -0.15) is 0 Å². The molecule has 0 bridgehead atoms. The fraction of sp³-hybridized carbons (Fsp3) is 0.462. The number of hydrogen-bond donors (Lipinski definition) is 2.